The van der Waals surface area contributed by atoms with Gasteiger partial charge in [-0.25, -0.2) is 38.4 Å². The minimum absolute atomic E-state index is 0.0195. The van der Waals surface area contributed by atoms with Crippen LogP contribution in [0.4, 0.5) is 34.1 Å². The number of hydrogen-bond donors (Lipinski definition) is 1. The van der Waals surface area contributed by atoms with Crippen molar-refractivity contribution in [3.05, 3.63) is 292 Å². The summed E-state index contributed by atoms with van der Waals surface area (Å²) in [6.07, 6.45) is 2.30. The van der Waals surface area contributed by atoms with Crippen molar-refractivity contribution in [3.63, 3.8) is 0 Å². The topological polar surface area (TPSA) is 251 Å². The van der Waals surface area contributed by atoms with Gasteiger partial charge in [0.2, 0.25) is 0 Å². The van der Waals surface area contributed by atoms with E-state index in [-0.39, 0.29) is 96.2 Å². The summed E-state index contributed by atoms with van der Waals surface area (Å²) in [5.41, 5.74) is 14.0. The highest BCUT2D eigenvalue weighted by Crippen LogP contribution is 2.30. The number of rotatable bonds is 36. The van der Waals surface area contributed by atoms with Crippen molar-refractivity contribution in [3.8, 4) is 11.8 Å². The van der Waals surface area contributed by atoms with Gasteiger partial charge in [-0.3, -0.25) is 17.9 Å². The maximum Gasteiger partial charge on any atom is 0.349 e. The number of nitrogens with one attached hydrogen (secondary N) is 1. The number of quaternary nitrogens is 5. The molecule has 0 saturated carbocycles. The van der Waals surface area contributed by atoms with E-state index in [1.54, 1.807) is 27.0 Å². The predicted molar refractivity (Wildman–Crippen MR) is 582 cm³/mol. The molecule has 9 aromatic carbocycles. The third kappa shape index (κ3) is 44.9. The SMILES string of the molecule is CC(C)OC(=O)C(C#N)=C(c1ccccc1)c1ccccc1.CC(C)OC(=O)c1ccc([N+](C)(C)C)cc1.CCN(CC)c1ccc(C(=O)OC(C)C)cc1.CC[N+](C)(C)c1ccc(C(=O)OC(C)C)cc1.CC[N+](C)(CC)c1ccc(C(=O)OC(C)C)cc1.CC[N+](CC)(CC)c1ccc(C(=O)OC(C)C)cc1.CC[NH+](CC)c1ccc(C(=O)OC(C)C)cc1.COc1ccc(/C=C/C(=O)OC(C)C)cc1. The number of methoxy groups -OCH3 is 1. The lowest BCUT2D eigenvalue weighted by Gasteiger charge is -2.35. The Morgan fingerprint density at radius 3 is 0.915 bits per heavy atom. The first-order valence-corrected chi connectivity index (χ1v) is 49.8. The molecule has 0 aromatic heterocycles. The van der Waals surface area contributed by atoms with Crippen molar-refractivity contribution >= 4 is 93.5 Å². The number of carbonyl (C=O) groups excluding carboxylic acids is 8. The van der Waals surface area contributed by atoms with Gasteiger partial charge < -0.3 is 52.4 Å². The Morgan fingerprint density at radius 1 is 0.338 bits per heavy atom. The summed E-state index contributed by atoms with van der Waals surface area (Å²) in [5, 5.41) is 9.49. The zero-order valence-corrected chi connectivity index (χ0v) is 91.4. The number of carbonyl (C=O) groups is 8. The zero-order valence-electron chi connectivity index (χ0n) is 91.4. The molecule has 0 saturated heterocycles. The Hall–Kier alpha value is -12.9. The molecule has 24 nitrogen and oxygen atoms in total. The van der Waals surface area contributed by atoms with E-state index in [1.807, 2.05) is 334 Å². The number of ether oxygens (including phenoxy) is 9. The van der Waals surface area contributed by atoms with Crippen LogP contribution >= 0.6 is 0 Å². The van der Waals surface area contributed by atoms with E-state index in [1.165, 1.54) is 33.7 Å². The molecule has 9 aromatic rings. The lowest BCUT2D eigenvalue weighted by Crippen LogP contribution is -3.06. The van der Waals surface area contributed by atoms with E-state index in [4.69, 9.17) is 42.6 Å². The van der Waals surface area contributed by atoms with E-state index in [2.05, 4.69) is 116 Å². The highest BCUT2D eigenvalue weighted by Gasteiger charge is 2.28. The van der Waals surface area contributed by atoms with Crippen LogP contribution in [-0.4, -0.2) is 211 Å². The van der Waals surface area contributed by atoms with Gasteiger partial charge in [0.15, 0.2) is 0 Å². The molecule has 0 radical (unpaired) electrons. The molecule has 0 bridgehead atoms. The molecular formula is C118H168N7O17+5. The molecular weight excluding hydrogens is 1790 g/mol. The number of esters is 8. The largest absolute Gasteiger partial charge is 0.497 e. The molecule has 1 N–H and O–H groups in total. The van der Waals surface area contributed by atoms with E-state index in [0.29, 0.717) is 39.0 Å². The molecule has 0 spiro atoms. The van der Waals surface area contributed by atoms with E-state index >= 15 is 0 Å². The Balaban J connectivity index is 0.000000550. The summed E-state index contributed by atoms with van der Waals surface area (Å²) < 4.78 is 49.5. The van der Waals surface area contributed by atoms with Gasteiger partial charge in [-0.2, -0.15) is 5.26 Å². The quantitative estimate of drug-likeness (QED) is 0.0126. The number of nitrogens with zero attached hydrogens (tertiary/aromatic N) is 6. The van der Waals surface area contributed by atoms with Crippen molar-refractivity contribution < 1.29 is 85.9 Å². The third-order valence-corrected chi connectivity index (χ3v) is 22.6. The Kier molecular flexibility index (Phi) is 56.9. The smallest absolute Gasteiger partial charge is 0.349 e. The van der Waals surface area contributed by atoms with Crippen LogP contribution in [0.5, 0.6) is 5.75 Å². The molecule has 0 atom stereocenters. The minimum Gasteiger partial charge on any atom is -0.497 e. The second kappa shape index (κ2) is 64.5. The zero-order chi connectivity index (χ0) is 107. The molecule has 0 aliphatic heterocycles. The molecule has 0 aliphatic rings. The average molecular weight is 1960 g/mol. The first kappa shape index (κ1) is 125. The highest BCUT2D eigenvalue weighted by atomic mass is 16.6. The molecule has 142 heavy (non-hydrogen) atoms. The van der Waals surface area contributed by atoms with Gasteiger partial charge in [-0.05, 0) is 361 Å². The van der Waals surface area contributed by atoms with Crippen LogP contribution in [0, 0.1) is 11.3 Å². The van der Waals surface area contributed by atoms with Gasteiger partial charge in [0.05, 0.1) is 184 Å². The van der Waals surface area contributed by atoms with Crippen LogP contribution < -0.4 is 32.5 Å². The van der Waals surface area contributed by atoms with Crippen molar-refractivity contribution in [2.75, 3.05) is 120 Å². The summed E-state index contributed by atoms with van der Waals surface area (Å²) in [4.78, 5) is 97.2. The summed E-state index contributed by atoms with van der Waals surface area (Å²) in [7, 11) is 14.3. The molecule has 0 aliphatic carbocycles. The van der Waals surface area contributed by atoms with E-state index in [9.17, 15) is 43.6 Å². The third-order valence-electron chi connectivity index (χ3n) is 22.6. The second-order valence-corrected chi connectivity index (χ2v) is 37.3. The van der Waals surface area contributed by atoms with Crippen LogP contribution in [0.15, 0.2) is 242 Å². The number of benzene rings is 9. The van der Waals surface area contributed by atoms with Gasteiger partial charge in [0.25, 0.3) is 0 Å². The summed E-state index contributed by atoms with van der Waals surface area (Å²) in [6, 6.07) is 74.2. The molecule has 0 fully saturated rings. The highest BCUT2D eigenvalue weighted by molar-refractivity contribution is 6.05. The first-order valence-electron chi connectivity index (χ1n) is 49.8. The van der Waals surface area contributed by atoms with Crippen molar-refractivity contribution in [1.82, 2.24) is 17.9 Å². The van der Waals surface area contributed by atoms with E-state index in [0.717, 1.165) is 117 Å². The fraction of sp³-hybridized carbons (Fsp3) is 0.432. The molecule has 0 amide bonds. The van der Waals surface area contributed by atoms with Gasteiger partial charge in [-0.15, -0.1) is 0 Å². The monoisotopic (exact) mass is 1960 g/mol. The van der Waals surface area contributed by atoms with Crippen LogP contribution in [-0.2, 0) is 47.5 Å². The lowest BCUT2D eigenvalue weighted by molar-refractivity contribution is -0.828. The van der Waals surface area contributed by atoms with Crippen LogP contribution in [0.2, 0.25) is 0 Å². The second-order valence-electron chi connectivity index (χ2n) is 37.3. The Bertz CT molecular complexity index is 5170. The Morgan fingerprint density at radius 2 is 0.641 bits per heavy atom. The Labute approximate surface area is 850 Å². The number of anilines is 1. The summed E-state index contributed by atoms with van der Waals surface area (Å²) in [5.74, 6) is -1.65. The fourth-order valence-electron chi connectivity index (χ4n) is 13.8. The molecule has 772 valence electrons. The van der Waals surface area contributed by atoms with Gasteiger partial charge >= 0.3 is 47.8 Å². The van der Waals surface area contributed by atoms with Crippen LogP contribution in [0.25, 0.3) is 11.6 Å². The molecule has 0 heterocycles. The fourth-order valence-corrected chi connectivity index (χ4v) is 13.8. The average Bonchev–Trinajstić information content (AvgIpc) is 0.808. The maximum absolute atomic E-state index is 12.3. The summed E-state index contributed by atoms with van der Waals surface area (Å²) >= 11 is 0. The van der Waals surface area contributed by atoms with Gasteiger partial charge in [0, 0.05) is 30.4 Å². The first-order chi connectivity index (χ1) is 67.0. The van der Waals surface area contributed by atoms with Crippen molar-refractivity contribution in [1.29, 1.82) is 5.26 Å². The van der Waals surface area contributed by atoms with Crippen molar-refractivity contribution in [2.45, 2.75) is 229 Å². The van der Waals surface area contributed by atoms with Crippen LogP contribution in [0.3, 0.4) is 0 Å². The summed E-state index contributed by atoms with van der Waals surface area (Å²) in [6.45, 7) is 61.3. The molecule has 0 unspecified atom stereocenters. The molecule has 24 heteroatoms. The van der Waals surface area contributed by atoms with E-state index < -0.39 is 5.97 Å². The predicted octanol–water partition coefficient (Wildman–Crippen LogP) is 23.7. The molecule has 9 rings (SSSR count). The number of nitriles is 1. The van der Waals surface area contributed by atoms with Gasteiger partial charge in [0.1, 0.15) is 45.8 Å². The normalized spacial score (nSPS) is 11.0. The maximum atomic E-state index is 12.3. The lowest BCUT2D eigenvalue weighted by atomic mass is 9.93. The van der Waals surface area contributed by atoms with Crippen LogP contribution in [0.1, 0.15) is 259 Å². The standard InChI is InChI=1S/C19H17NO2.C16H26NO2.C15H24NO2.C14H22NO2.2C14H21NO2.C13H20NO2.C13H16O3/c1-14(2)22-19(21)17(13-20)18(15-9-5-3-6-10-15)16-11-7-4-8-12-16;1-6-17(7-2,8-3)15-11-9-14(10-12-15)16(18)19-13(4)5;1-6-16(5,7-2)14-10-8-13(9-11-14)15(17)18-12(3)4;1-6-15(4,5)13-9-7-12(8-10-13)14(16)17-11(2)3;2*1-5-15(6-2)13-9-7-12(8-10-13)14(16)17-11(3)4;1-10(2)16-13(15)11-6-8-12(9-7-11)14(3,4)5;1-10(2)16-13(14)9-6-11-4-7-12(15-3)8-5-11/h3-12,14H,1-2H3;9-13H,6-8H2,1-5H3;8-12H,6-7H2,1-5H3;7-11H,6H2,1-5H3;2*7-11H,5-6H2,1-4H3;6-10H,1-5H3;4-10H,1-3H3/q;3*+1;;;+1;/p+1/b;;;;;;;9-6+. The minimum atomic E-state index is -0.597. The van der Waals surface area contributed by atoms with Crippen molar-refractivity contribution in [2.24, 2.45) is 0 Å². The number of hydrogen-bond acceptors (Lipinski definition) is 19. The van der Waals surface area contributed by atoms with Gasteiger partial charge in [-0.1, -0.05) is 72.8 Å².